The minimum atomic E-state index is -4.96. The fraction of sp³-hybridized carbons (Fsp3) is 0.667. The molecule has 0 rings (SSSR count). The second kappa shape index (κ2) is 5.08. The quantitative estimate of drug-likeness (QED) is 0.737. The molecular weight excluding hydrogens is 223 g/mol. The Bertz CT molecular complexity index is 231. The summed E-state index contributed by atoms with van der Waals surface area (Å²) in [6, 6.07) is 0. The molecule has 0 aliphatic rings. The van der Waals surface area contributed by atoms with Gasteiger partial charge in [-0.15, -0.1) is 0 Å². The van der Waals surface area contributed by atoms with Crippen LogP contribution in [0.2, 0.25) is 0 Å². The number of carbonyl (C=O) groups excluding carboxylic acids is 1. The number of carbonyl (C=O) groups is 2. The first-order valence-corrected chi connectivity index (χ1v) is 4.61. The average molecular weight is 231 g/mol. The molecule has 0 spiro atoms. The molecule has 0 saturated carbocycles. The highest BCUT2D eigenvalue weighted by molar-refractivity contribution is 7.96. The number of amides is 1. The van der Waals surface area contributed by atoms with Crippen LogP contribution >= 0.6 is 11.9 Å². The Labute approximate surface area is 82.2 Å². The van der Waals surface area contributed by atoms with Gasteiger partial charge < -0.3 is 5.11 Å². The molecule has 0 saturated heterocycles. The van der Waals surface area contributed by atoms with E-state index in [1.165, 1.54) is 6.26 Å². The molecule has 0 aliphatic heterocycles. The molecule has 0 aromatic heterocycles. The number of alkyl halides is 3. The van der Waals surface area contributed by atoms with Crippen LogP contribution in [0.4, 0.5) is 13.2 Å². The number of hydrogen-bond donors (Lipinski definition) is 1. The zero-order valence-corrected chi connectivity index (χ0v) is 7.98. The number of hydrogen-bond acceptors (Lipinski definition) is 3. The van der Waals surface area contributed by atoms with Gasteiger partial charge in [-0.25, -0.2) is 0 Å². The van der Waals surface area contributed by atoms with Gasteiger partial charge >= 0.3 is 18.1 Å². The Morgan fingerprint density at radius 3 is 2.21 bits per heavy atom. The molecule has 8 heteroatoms. The molecule has 0 aromatic rings. The van der Waals surface area contributed by atoms with Gasteiger partial charge in [-0.3, -0.25) is 13.9 Å². The van der Waals surface area contributed by atoms with Crippen molar-refractivity contribution in [1.82, 2.24) is 4.31 Å². The van der Waals surface area contributed by atoms with E-state index in [4.69, 9.17) is 5.11 Å². The zero-order valence-electron chi connectivity index (χ0n) is 7.17. The van der Waals surface area contributed by atoms with Gasteiger partial charge in [-0.1, -0.05) is 11.9 Å². The molecule has 0 fully saturated rings. The van der Waals surface area contributed by atoms with Crippen molar-refractivity contribution >= 4 is 23.8 Å². The molecule has 0 bridgehead atoms. The molecule has 82 valence electrons. The second-order valence-corrected chi connectivity index (χ2v) is 3.04. The van der Waals surface area contributed by atoms with Crippen molar-refractivity contribution in [2.75, 3.05) is 12.8 Å². The van der Waals surface area contributed by atoms with E-state index in [1.54, 1.807) is 0 Å². The summed E-state index contributed by atoms with van der Waals surface area (Å²) in [7, 11) is 0. The highest BCUT2D eigenvalue weighted by atomic mass is 32.2. The van der Waals surface area contributed by atoms with E-state index in [9.17, 15) is 22.8 Å². The molecule has 0 unspecified atom stereocenters. The van der Waals surface area contributed by atoms with Crippen LogP contribution in [0.15, 0.2) is 0 Å². The van der Waals surface area contributed by atoms with Gasteiger partial charge in [-0.05, 0) is 0 Å². The fourth-order valence-corrected chi connectivity index (χ4v) is 1.16. The van der Waals surface area contributed by atoms with E-state index in [2.05, 4.69) is 0 Å². The van der Waals surface area contributed by atoms with E-state index in [0.29, 0.717) is 16.3 Å². The lowest BCUT2D eigenvalue weighted by atomic mass is 10.4. The van der Waals surface area contributed by atoms with Crippen LogP contribution in [0.3, 0.4) is 0 Å². The number of carboxylic acid groups (broad SMARTS) is 1. The van der Waals surface area contributed by atoms with E-state index in [1.807, 2.05) is 0 Å². The van der Waals surface area contributed by atoms with Gasteiger partial charge in [-0.2, -0.15) is 13.2 Å². The number of carboxylic acids is 1. The smallest absolute Gasteiger partial charge is 0.472 e. The van der Waals surface area contributed by atoms with Crippen LogP contribution in [-0.4, -0.2) is 40.3 Å². The van der Waals surface area contributed by atoms with E-state index >= 15 is 0 Å². The van der Waals surface area contributed by atoms with Crippen molar-refractivity contribution in [3.05, 3.63) is 0 Å². The molecule has 1 N–H and O–H groups in total. The molecular formula is C6H8F3NO3S. The third-order valence-corrected chi connectivity index (χ3v) is 2.01. The van der Waals surface area contributed by atoms with Gasteiger partial charge in [0.05, 0.1) is 6.42 Å². The first kappa shape index (κ1) is 13.1. The molecule has 0 aromatic carbocycles. The van der Waals surface area contributed by atoms with Gasteiger partial charge in [0.25, 0.3) is 0 Å². The summed E-state index contributed by atoms with van der Waals surface area (Å²) in [5.74, 6) is -3.29. The lowest BCUT2D eigenvalue weighted by Gasteiger charge is -2.19. The lowest BCUT2D eigenvalue weighted by molar-refractivity contribution is -0.179. The van der Waals surface area contributed by atoms with Gasteiger partial charge in [0.2, 0.25) is 0 Å². The predicted octanol–water partition coefficient (Wildman–Crippen LogP) is 1.13. The van der Waals surface area contributed by atoms with E-state index < -0.39 is 31.0 Å². The van der Waals surface area contributed by atoms with Gasteiger partial charge in [0.15, 0.2) is 0 Å². The standard InChI is InChI=1S/C6H8F3NO3S/c1-14-10(3-2-4(11)12)5(13)6(7,8)9/h2-3H2,1H3,(H,11,12). The third kappa shape index (κ3) is 4.35. The van der Waals surface area contributed by atoms with Gasteiger partial charge in [0, 0.05) is 12.8 Å². The summed E-state index contributed by atoms with van der Waals surface area (Å²) in [5, 5.41) is 8.21. The largest absolute Gasteiger partial charge is 0.481 e. The summed E-state index contributed by atoms with van der Waals surface area (Å²) >= 11 is 0.547. The maximum Gasteiger partial charge on any atom is 0.472 e. The van der Waals surface area contributed by atoms with Crippen molar-refractivity contribution in [3.8, 4) is 0 Å². The highest BCUT2D eigenvalue weighted by Crippen LogP contribution is 2.22. The molecule has 4 nitrogen and oxygen atoms in total. The SMILES string of the molecule is CSN(CCC(=O)O)C(=O)C(F)(F)F. The van der Waals surface area contributed by atoms with Crippen molar-refractivity contribution < 1.29 is 27.9 Å². The maximum atomic E-state index is 11.9. The lowest BCUT2D eigenvalue weighted by Crippen LogP contribution is -2.37. The average Bonchev–Trinajstić information content (AvgIpc) is 2.03. The third-order valence-electron chi connectivity index (χ3n) is 1.22. The summed E-state index contributed by atoms with van der Waals surface area (Å²) < 4.78 is 35.9. The Balaban J connectivity index is 4.27. The Morgan fingerprint density at radius 1 is 1.43 bits per heavy atom. The van der Waals surface area contributed by atoms with Crippen LogP contribution in [0, 0.1) is 0 Å². The first-order valence-electron chi connectivity index (χ1n) is 3.43. The normalized spacial score (nSPS) is 11.1. The van der Waals surface area contributed by atoms with Crippen molar-refractivity contribution in [3.63, 3.8) is 0 Å². The minimum absolute atomic E-state index is 0.369. The number of rotatable bonds is 4. The van der Waals surface area contributed by atoms with Crippen LogP contribution in [0.25, 0.3) is 0 Å². The monoisotopic (exact) mass is 231 g/mol. The molecule has 0 atom stereocenters. The minimum Gasteiger partial charge on any atom is -0.481 e. The second-order valence-electron chi connectivity index (χ2n) is 2.23. The summed E-state index contributed by atoms with van der Waals surface area (Å²) in [5.41, 5.74) is 0. The number of aliphatic carboxylic acids is 1. The fourth-order valence-electron chi connectivity index (χ4n) is 0.614. The molecule has 0 heterocycles. The Hall–Kier alpha value is -0.920. The molecule has 0 aliphatic carbocycles. The van der Waals surface area contributed by atoms with Crippen molar-refractivity contribution in [2.45, 2.75) is 12.6 Å². The Morgan fingerprint density at radius 2 is 1.93 bits per heavy atom. The zero-order chi connectivity index (χ0) is 11.4. The topological polar surface area (TPSA) is 57.6 Å². The van der Waals surface area contributed by atoms with Crippen molar-refractivity contribution in [1.29, 1.82) is 0 Å². The van der Waals surface area contributed by atoms with Crippen LogP contribution in [0.1, 0.15) is 6.42 Å². The van der Waals surface area contributed by atoms with E-state index in [-0.39, 0.29) is 0 Å². The van der Waals surface area contributed by atoms with Crippen LogP contribution in [0.5, 0.6) is 0 Å². The van der Waals surface area contributed by atoms with Crippen LogP contribution in [-0.2, 0) is 9.59 Å². The Kier molecular flexibility index (Phi) is 4.75. The van der Waals surface area contributed by atoms with Crippen molar-refractivity contribution in [2.24, 2.45) is 0 Å². The summed E-state index contributed by atoms with van der Waals surface area (Å²) in [6.07, 6.45) is -4.20. The van der Waals surface area contributed by atoms with Crippen LogP contribution < -0.4 is 0 Å². The van der Waals surface area contributed by atoms with E-state index in [0.717, 1.165) is 0 Å². The van der Waals surface area contributed by atoms with Gasteiger partial charge in [0.1, 0.15) is 0 Å². The molecule has 1 amide bonds. The first-order chi connectivity index (χ1) is 6.29. The summed E-state index contributed by atoms with van der Waals surface area (Å²) in [6.45, 7) is -0.463. The molecule has 0 radical (unpaired) electrons. The molecule has 14 heavy (non-hydrogen) atoms. The maximum absolute atomic E-state index is 11.9. The summed E-state index contributed by atoms with van der Waals surface area (Å²) in [4.78, 5) is 20.7. The highest BCUT2D eigenvalue weighted by Gasteiger charge is 2.42. The number of halogens is 3. The predicted molar refractivity (Wildman–Crippen MR) is 43.5 cm³/mol. The number of nitrogens with zero attached hydrogens (tertiary/aromatic N) is 1.